The summed E-state index contributed by atoms with van der Waals surface area (Å²) in [7, 11) is 0. The Balaban J connectivity index is 2.37. The minimum absolute atomic E-state index is 0.106. The molecule has 0 bridgehead atoms. The van der Waals surface area contributed by atoms with Gasteiger partial charge < -0.3 is 10.4 Å². The lowest BCUT2D eigenvalue weighted by Gasteiger charge is -2.35. The molecule has 1 saturated heterocycles. The van der Waals surface area contributed by atoms with Crippen LogP contribution in [0.25, 0.3) is 0 Å². The Morgan fingerprint density at radius 3 is 2.81 bits per heavy atom. The van der Waals surface area contributed by atoms with Crippen LogP contribution in [-0.4, -0.2) is 36.2 Å². The molecule has 1 aliphatic heterocycles. The Labute approximate surface area is 134 Å². The van der Waals surface area contributed by atoms with E-state index in [-0.39, 0.29) is 11.8 Å². The summed E-state index contributed by atoms with van der Waals surface area (Å²) in [5, 5.41) is 22.9. The fraction of sp³-hybridized carbons (Fsp3) is 0.438. The Hall–Kier alpha value is -1.35. The zero-order chi connectivity index (χ0) is 15.2. The molecule has 0 spiro atoms. The number of rotatable bonds is 5. The number of nitrogens with one attached hydrogen (secondary N) is 1. The molecule has 1 heterocycles. The van der Waals surface area contributed by atoms with Gasteiger partial charge in [-0.1, -0.05) is 6.08 Å². The lowest BCUT2D eigenvalue weighted by molar-refractivity contribution is 0.163. The number of hydrogen-bond donors (Lipinski definition) is 2. The van der Waals surface area contributed by atoms with Crippen molar-refractivity contribution in [2.45, 2.75) is 18.9 Å². The van der Waals surface area contributed by atoms with Gasteiger partial charge in [0.15, 0.2) is 0 Å². The van der Waals surface area contributed by atoms with Crippen LogP contribution in [0.3, 0.4) is 0 Å². The van der Waals surface area contributed by atoms with Crippen LogP contribution in [-0.2, 0) is 0 Å². The van der Waals surface area contributed by atoms with Crippen LogP contribution in [0.4, 0.5) is 0 Å². The number of nitriles is 1. The molecule has 1 aromatic carbocycles. The lowest BCUT2D eigenvalue weighted by atomic mass is 9.97. The van der Waals surface area contributed by atoms with Gasteiger partial charge in [0.25, 0.3) is 0 Å². The van der Waals surface area contributed by atoms with Gasteiger partial charge in [-0.15, -0.1) is 6.58 Å². The largest absolute Gasteiger partial charge is 0.506 e. The van der Waals surface area contributed by atoms with E-state index in [1.165, 1.54) is 0 Å². The summed E-state index contributed by atoms with van der Waals surface area (Å²) in [6, 6.07) is 5.72. The smallest absolute Gasteiger partial charge is 0.134 e. The van der Waals surface area contributed by atoms with Gasteiger partial charge in [-0.3, -0.25) is 4.90 Å². The second-order valence-corrected chi connectivity index (χ2v) is 6.03. The first kappa shape index (κ1) is 16.0. The number of phenolic OH excluding ortho intramolecular Hbond substituents is 1. The van der Waals surface area contributed by atoms with Crippen LogP contribution >= 0.6 is 15.9 Å². The van der Waals surface area contributed by atoms with Crippen LogP contribution in [0, 0.1) is 11.3 Å². The molecule has 112 valence electrons. The number of phenols is 1. The Kier molecular flexibility index (Phi) is 5.80. The Morgan fingerprint density at radius 2 is 2.19 bits per heavy atom. The number of nitrogens with zero attached hydrogens (tertiary/aromatic N) is 2. The molecule has 2 N–H and O–H groups in total. The summed E-state index contributed by atoms with van der Waals surface area (Å²) < 4.78 is 0.579. The molecule has 5 heteroatoms. The van der Waals surface area contributed by atoms with Crippen molar-refractivity contribution in [1.82, 2.24) is 10.2 Å². The first-order valence-electron chi connectivity index (χ1n) is 7.15. The maximum atomic E-state index is 10.4. The predicted octanol–water partition coefficient (Wildman–Crippen LogP) is 2.94. The molecule has 2 rings (SSSR count). The topological polar surface area (TPSA) is 59.3 Å². The van der Waals surface area contributed by atoms with Gasteiger partial charge in [0.2, 0.25) is 0 Å². The highest BCUT2D eigenvalue weighted by atomic mass is 79.9. The van der Waals surface area contributed by atoms with Gasteiger partial charge in [-0.2, -0.15) is 5.26 Å². The van der Waals surface area contributed by atoms with Crippen LogP contribution < -0.4 is 5.32 Å². The highest BCUT2D eigenvalue weighted by Gasteiger charge is 2.25. The van der Waals surface area contributed by atoms with E-state index in [9.17, 15) is 5.11 Å². The van der Waals surface area contributed by atoms with Gasteiger partial charge in [0.1, 0.15) is 5.75 Å². The van der Waals surface area contributed by atoms with E-state index >= 15 is 0 Å². The minimum Gasteiger partial charge on any atom is -0.506 e. The van der Waals surface area contributed by atoms with Crippen LogP contribution in [0.1, 0.15) is 30.0 Å². The number of allylic oxidation sites excluding steroid dienone is 1. The molecule has 0 aromatic heterocycles. The van der Waals surface area contributed by atoms with Gasteiger partial charge in [0, 0.05) is 37.8 Å². The maximum absolute atomic E-state index is 10.4. The lowest BCUT2D eigenvalue weighted by Crippen LogP contribution is -2.45. The zero-order valence-corrected chi connectivity index (χ0v) is 13.6. The van der Waals surface area contributed by atoms with Crippen molar-refractivity contribution >= 4 is 15.9 Å². The Bertz CT molecular complexity index is 547. The summed E-state index contributed by atoms with van der Waals surface area (Å²) in [5.41, 5.74) is 1.39. The summed E-state index contributed by atoms with van der Waals surface area (Å²) in [6.07, 6.45) is 3.66. The van der Waals surface area contributed by atoms with E-state index in [0.29, 0.717) is 10.0 Å². The minimum atomic E-state index is 0.106. The fourth-order valence-electron chi connectivity index (χ4n) is 2.74. The van der Waals surface area contributed by atoms with Crippen LogP contribution in [0.15, 0.2) is 29.3 Å². The molecule has 4 nitrogen and oxygen atoms in total. The molecular weight excluding hydrogens is 330 g/mol. The zero-order valence-electron chi connectivity index (χ0n) is 12.0. The monoisotopic (exact) mass is 349 g/mol. The highest BCUT2D eigenvalue weighted by Crippen LogP contribution is 2.38. The van der Waals surface area contributed by atoms with E-state index < -0.39 is 0 Å². The number of hydrogen-bond acceptors (Lipinski definition) is 4. The molecular formula is C16H20BrN3O. The third-order valence-electron chi connectivity index (χ3n) is 3.82. The van der Waals surface area contributed by atoms with E-state index in [1.54, 1.807) is 12.1 Å². The van der Waals surface area contributed by atoms with Gasteiger partial charge in [0.05, 0.1) is 16.1 Å². The SMILES string of the molecule is C=CCC[C@@H](c1cc(C#N)cc(Br)c1O)N1CCNCC1. The van der Waals surface area contributed by atoms with Gasteiger partial charge >= 0.3 is 0 Å². The van der Waals surface area contributed by atoms with E-state index in [2.05, 4.69) is 38.8 Å². The number of halogens is 1. The summed E-state index contributed by atoms with van der Waals surface area (Å²) in [4.78, 5) is 2.36. The molecule has 21 heavy (non-hydrogen) atoms. The third kappa shape index (κ3) is 3.85. The summed E-state index contributed by atoms with van der Waals surface area (Å²) in [5.74, 6) is 0.238. The number of piperazine rings is 1. The second kappa shape index (κ2) is 7.60. The third-order valence-corrected chi connectivity index (χ3v) is 4.42. The molecule has 0 aliphatic carbocycles. The van der Waals surface area contributed by atoms with E-state index in [0.717, 1.165) is 44.6 Å². The maximum Gasteiger partial charge on any atom is 0.134 e. The van der Waals surface area contributed by atoms with Crippen molar-refractivity contribution in [3.63, 3.8) is 0 Å². The Morgan fingerprint density at radius 1 is 1.48 bits per heavy atom. The molecule has 1 atom stereocenters. The molecule has 1 aliphatic rings. The first-order valence-corrected chi connectivity index (χ1v) is 7.95. The molecule has 1 aromatic rings. The predicted molar refractivity (Wildman–Crippen MR) is 87.1 cm³/mol. The molecule has 0 unspecified atom stereocenters. The fourth-order valence-corrected chi connectivity index (χ4v) is 3.22. The van der Waals surface area contributed by atoms with Gasteiger partial charge in [-0.25, -0.2) is 0 Å². The van der Waals surface area contributed by atoms with Crippen molar-refractivity contribution in [1.29, 1.82) is 5.26 Å². The second-order valence-electron chi connectivity index (χ2n) is 5.18. The molecule has 1 fully saturated rings. The first-order chi connectivity index (χ1) is 10.2. The van der Waals surface area contributed by atoms with E-state index in [1.807, 2.05) is 6.08 Å². The van der Waals surface area contributed by atoms with Crippen LogP contribution in [0.5, 0.6) is 5.75 Å². The summed E-state index contributed by atoms with van der Waals surface area (Å²) in [6.45, 7) is 7.57. The normalized spacial score (nSPS) is 17.1. The highest BCUT2D eigenvalue weighted by molar-refractivity contribution is 9.10. The average Bonchev–Trinajstić information content (AvgIpc) is 2.52. The van der Waals surface area contributed by atoms with Crippen molar-refractivity contribution < 1.29 is 5.11 Å². The number of benzene rings is 1. The quantitative estimate of drug-likeness (QED) is 0.802. The molecule has 0 saturated carbocycles. The van der Waals surface area contributed by atoms with Crippen LogP contribution in [0.2, 0.25) is 0 Å². The molecule has 0 amide bonds. The number of aromatic hydroxyl groups is 1. The van der Waals surface area contributed by atoms with Crippen molar-refractivity contribution in [2.75, 3.05) is 26.2 Å². The van der Waals surface area contributed by atoms with Gasteiger partial charge in [-0.05, 0) is 40.9 Å². The van der Waals surface area contributed by atoms with E-state index in [4.69, 9.17) is 5.26 Å². The van der Waals surface area contributed by atoms with Crippen molar-refractivity contribution in [3.8, 4) is 11.8 Å². The average molecular weight is 350 g/mol. The van der Waals surface area contributed by atoms with Crippen molar-refractivity contribution in [3.05, 3.63) is 40.4 Å². The summed E-state index contributed by atoms with van der Waals surface area (Å²) >= 11 is 3.35. The molecule has 0 radical (unpaired) electrons. The standard InChI is InChI=1S/C16H20BrN3O/c1-2-3-4-15(20-7-5-19-6-8-20)13-9-12(11-18)10-14(17)16(13)21/h2,9-10,15,19,21H,1,3-8H2/t15-/m0/s1. The van der Waals surface area contributed by atoms with Crippen molar-refractivity contribution in [2.24, 2.45) is 0 Å².